The molecule has 0 aliphatic heterocycles. The number of anilines is 2. The fourth-order valence-electron chi connectivity index (χ4n) is 1.23. The average Bonchev–Trinajstić information content (AvgIpc) is 2.28. The van der Waals surface area contributed by atoms with Gasteiger partial charge in [0, 0.05) is 26.8 Å². The fraction of sp³-hybridized carbons (Fsp3) is 0.500. The number of carbonyl (C=O) groups is 1. The molecule has 0 aliphatic rings. The summed E-state index contributed by atoms with van der Waals surface area (Å²) in [6, 6.07) is 1.59. The van der Waals surface area contributed by atoms with Crippen LogP contribution in [0.2, 0.25) is 0 Å². The summed E-state index contributed by atoms with van der Waals surface area (Å²) in [5.41, 5.74) is 5.60. The molecule has 1 amide bonds. The van der Waals surface area contributed by atoms with Gasteiger partial charge in [0.05, 0.1) is 13.2 Å². The first-order valence-corrected chi connectivity index (χ1v) is 6.09. The van der Waals surface area contributed by atoms with Gasteiger partial charge in [0.1, 0.15) is 10.4 Å². The lowest BCUT2D eigenvalue weighted by Gasteiger charge is -2.16. The highest BCUT2D eigenvalue weighted by atomic mass is 79.9. The van der Waals surface area contributed by atoms with E-state index in [1.165, 1.54) is 0 Å². The lowest BCUT2D eigenvalue weighted by Crippen LogP contribution is -2.37. The second kappa shape index (κ2) is 7.12. The van der Waals surface area contributed by atoms with Crippen molar-refractivity contribution in [1.29, 1.82) is 0 Å². The number of hydrogen-bond acceptors (Lipinski definition) is 6. The van der Waals surface area contributed by atoms with Crippen molar-refractivity contribution >= 4 is 33.6 Å². The summed E-state index contributed by atoms with van der Waals surface area (Å²) >= 11 is 3.22. The highest BCUT2D eigenvalue weighted by Crippen LogP contribution is 2.14. The van der Waals surface area contributed by atoms with Crippen LogP contribution in [0.25, 0.3) is 0 Å². The van der Waals surface area contributed by atoms with Gasteiger partial charge in [-0.25, -0.2) is 4.98 Å². The highest BCUT2D eigenvalue weighted by Gasteiger charge is 2.10. The molecular formula is C10H16BrN5O2. The van der Waals surface area contributed by atoms with Crippen LogP contribution in [0, 0.1) is 0 Å². The predicted octanol–water partition coefficient (Wildman–Crippen LogP) is 0.0201. The van der Waals surface area contributed by atoms with Crippen molar-refractivity contribution in [2.45, 2.75) is 0 Å². The zero-order valence-corrected chi connectivity index (χ0v) is 11.9. The number of carbonyl (C=O) groups excluding carboxylic acids is 1. The molecule has 1 heterocycles. The van der Waals surface area contributed by atoms with E-state index in [1.807, 2.05) is 0 Å². The topological polar surface area (TPSA) is 93.4 Å². The molecule has 0 bridgehead atoms. The van der Waals surface area contributed by atoms with Crippen LogP contribution in [-0.4, -0.2) is 49.7 Å². The minimum absolute atomic E-state index is 0.128. The normalized spacial score (nSPS) is 10.2. The Labute approximate surface area is 114 Å². The van der Waals surface area contributed by atoms with E-state index < -0.39 is 0 Å². The summed E-state index contributed by atoms with van der Waals surface area (Å²) in [6.07, 6.45) is 0. The van der Waals surface area contributed by atoms with E-state index in [-0.39, 0.29) is 12.5 Å². The maximum absolute atomic E-state index is 11.6. The number of aromatic nitrogens is 2. The maximum Gasteiger partial charge on any atom is 0.239 e. The van der Waals surface area contributed by atoms with Crippen LogP contribution in [0.3, 0.4) is 0 Å². The Morgan fingerprint density at radius 2 is 2.33 bits per heavy atom. The molecule has 0 saturated heterocycles. The second-order valence-electron chi connectivity index (χ2n) is 3.61. The van der Waals surface area contributed by atoms with Gasteiger partial charge >= 0.3 is 0 Å². The van der Waals surface area contributed by atoms with Crippen molar-refractivity contribution in [2.24, 2.45) is 0 Å². The Kier molecular flexibility index (Phi) is 5.79. The lowest BCUT2D eigenvalue weighted by atomic mass is 10.5. The van der Waals surface area contributed by atoms with Crippen molar-refractivity contribution in [2.75, 3.05) is 44.5 Å². The van der Waals surface area contributed by atoms with Gasteiger partial charge in [-0.3, -0.25) is 4.79 Å². The third-order valence-electron chi connectivity index (χ3n) is 2.05. The van der Waals surface area contributed by atoms with Gasteiger partial charge in [0.25, 0.3) is 0 Å². The zero-order chi connectivity index (χ0) is 13.5. The number of nitrogen functional groups attached to an aromatic ring is 1. The summed E-state index contributed by atoms with van der Waals surface area (Å²) in [4.78, 5) is 21.4. The van der Waals surface area contributed by atoms with Crippen LogP contribution in [0.5, 0.6) is 0 Å². The molecule has 0 radical (unpaired) electrons. The minimum Gasteiger partial charge on any atom is -0.383 e. The number of amides is 1. The molecule has 3 N–H and O–H groups in total. The van der Waals surface area contributed by atoms with E-state index in [9.17, 15) is 4.79 Å². The molecule has 100 valence electrons. The Hall–Kier alpha value is -1.41. The number of nitrogens with one attached hydrogen (secondary N) is 1. The molecular weight excluding hydrogens is 302 g/mol. The van der Waals surface area contributed by atoms with E-state index in [0.29, 0.717) is 29.5 Å². The molecule has 18 heavy (non-hydrogen) atoms. The van der Waals surface area contributed by atoms with Crippen LogP contribution >= 0.6 is 15.9 Å². The number of rotatable bonds is 6. The molecule has 1 rings (SSSR count). The maximum atomic E-state index is 11.6. The number of nitrogens with two attached hydrogens (primary N) is 1. The summed E-state index contributed by atoms with van der Waals surface area (Å²) in [5, 5.41) is 2.71. The third-order valence-corrected chi connectivity index (χ3v) is 2.46. The van der Waals surface area contributed by atoms with Crippen LogP contribution in [0.1, 0.15) is 0 Å². The Morgan fingerprint density at radius 1 is 1.61 bits per heavy atom. The van der Waals surface area contributed by atoms with Gasteiger partial charge in [-0.1, -0.05) is 0 Å². The standard InChI is InChI=1S/C10H16BrN5O2/c1-16(6-9(17)13-3-4-18-2)10-14-7(11)5-8(12)15-10/h5H,3-4,6H2,1-2H3,(H,13,17)(H2,12,14,15). The summed E-state index contributed by atoms with van der Waals surface area (Å²) in [5.74, 6) is 0.610. The fourth-order valence-corrected chi connectivity index (χ4v) is 1.62. The lowest BCUT2D eigenvalue weighted by molar-refractivity contribution is -0.119. The van der Waals surface area contributed by atoms with Crippen LogP contribution in [-0.2, 0) is 9.53 Å². The Balaban J connectivity index is 2.53. The van der Waals surface area contributed by atoms with E-state index in [1.54, 1.807) is 25.1 Å². The first kappa shape index (κ1) is 14.7. The molecule has 0 unspecified atom stereocenters. The molecule has 0 fully saturated rings. The SMILES string of the molecule is COCCNC(=O)CN(C)c1nc(N)cc(Br)n1. The van der Waals surface area contributed by atoms with Crippen molar-refractivity contribution in [3.05, 3.63) is 10.7 Å². The summed E-state index contributed by atoms with van der Waals surface area (Å²) in [6.45, 7) is 1.11. The predicted molar refractivity (Wildman–Crippen MR) is 72.3 cm³/mol. The number of methoxy groups -OCH3 is 1. The van der Waals surface area contributed by atoms with Crippen molar-refractivity contribution in [3.8, 4) is 0 Å². The number of ether oxygens (including phenoxy) is 1. The van der Waals surface area contributed by atoms with Crippen molar-refractivity contribution in [3.63, 3.8) is 0 Å². The van der Waals surface area contributed by atoms with E-state index in [2.05, 4.69) is 31.2 Å². The summed E-state index contributed by atoms with van der Waals surface area (Å²) in [7, 11) is 3.30. The molecule has 1 aromatic rings. The Morgan fingerprint density at radius 3 is 2.94 bits per heavy atom. The average molecular weight is 318 g/mol. The van der Waals surface area contributed by atoms with E-state index in [4.69, 9.17) is 10.5 Å². The number of likely N-dealkylation sites (N-methyl/N-ethyl adjacent to an activating group) is 1. The van der Waals surface area contributed by atoms with Crippen LogP contribution < -0.4 is 16.0 Å². The van der Waals surface area contributed by atoms with Gasteiger partial charge in [-0.2, -0.15) is 4.98 Å². The highest BCUT2D eigenvalue weighted by molar-refractivity contribution is 9.10. The minimum atomic E-state index is -0.128. The number of hydrogen-bond donors (Lipinski definition) is 2. The molecule has 8 heteroatoms. The molecule has 0 saturated carbocycles. The van der Waals surface area contributed by atoms with E-state index >= 15 is 0 Å². The second-order valence-corrected chi connectivity index (χ2v) is 4.43. The number of nitrogens with zero attached hydrogens (tertiary/aromatic N) is 3. The zero-order valence-electron chi connectivity index (χ0n) is 10.3. The van der Waals surface area contributed by atoms with Gasteiger partial charge in [-0.05, 0) is 15.9 Å². The molecule has 0 aromatic carbocycles. The Bertz CT molecular complexity index is 395. The van der Waals surface area contributed by atoms with Gasteiger partial charge in [0.2, 0.25) is 11.9 Å². The van der Waals surface area contributed by atoms with Crippen molar-refractivity contribution in [1.82, 2.24) is 15.3 Å². The smallest absolute Gasteiger partial charge is 0.239 e. The first-order chi connectivity index (χ1) is 8.52. The molecule has 7 nitrogen and oxygen atoms in total. The quantitative estimate of drug-likeness (QED) is 0.567. The molecule has 0 atom stereocenters. The van der Waals surface area contributed by atoms with Crippen molar-refractivity contribution < 1.29 is 9.53 Å². The van der Waals surface area contributed by atoms with Gasteiger partial charge in [-0.15, -0.1) is 0 Å². The molecule has 0 spiro atoms. The van der Waals surface area contributed by atoms with Crippen LogP contribution in [0.4, 0.5) is 11.8 Å². The van der Waals surface area contributed by atoms with Gasteiger partial charge in [0.15, 0.2) is 0 Å². The van der Waals surface area contributed by atoms with Crippen LogP contribution in [0.15, 0.2) is 10.7 Å². The summed E-state index contributed by atoms with van der Waals surface area (Å²) < 4.78 is 5.42. The third kappa shape index (κ3) is 4.84. The monoisotopic (exact) mass is 317 g/mol. The van der Waals surface area contributed by atoms with Gasteiger partial charge < -0.3 is 20.7 Å². The van der Waals surface area contributed by atoms with E-state index in [0.717, 1.165) is 0 Å². The number of halogens is 1. The largest absolute Gasteiger partial charge is 0.383 e. The molecule has 1 aromatic heterocycles. The first-order valence-electron chi connectivity index (χ1n) is 5.29. The molecule has 0 aliphatic carbocycles.